The summed E-state index contributed by atoms with van der Waals surface area (Å²) in [5, 5.41) is 19.4. The average Bonchev–Trinajstić information content (AvgIpc) is 3.12. The highest BCUT2D eigenvalue weighted by atomic mass is 16.3. The number of phenolic OH excluding ortho intramolecular Hbond substituents is 2. The molecule has 0 spiro atoms. The number of carbonyl (C=O) groups is 1. The first kappa shape index (κ1) is 12.7. The molecule has 2 rings (SSSR count). The minimum absolute atomic E-state index is 0.0200. The summed E-state index contributed by atoms with van der Waals surface area (Å²) >= 11 is 0. The molecule has 0 aromatic heterocycles. The molecule has 1 aromatic carbocycles. The van der Waals surface area contributed by atoms with Crippen molar-refractivity contribution < 1.29 is 15.0 Å². The lowest BCUT2D eigenvalue weighted by Crippen LogP contribution is -2.33. The minimum Gasteiger partial charge on any atom is -0.507 e. The van der Waals surface area contributed by atoms with E-state index in [4.69, 9.17) is 0 Å². The van der Waals surface area contributed by atoms with Gasteiger partial charge in [0.05, 0.1) is 0 Å². The first-order chi connectivity index (χ1) is 8.63. The third-order valence-electron chi connectivity index (χ3n) is 3.19. The van der Waals surface area contributed by atoms with Crippen LogP contribution in [-0.4, -0.2) is 34.1 Å². The van der Waals surface area contributed by atoms with E-state index in [9.17, 15) is 15.0 Å². The summed E-state index contributed by atoms with van der Waals surface area (Å²) in [6.45, 7) is 3.39. The van der Waals surface area contributed by atoms with E-state index in [1.54, 1.807) is 4.90 Å². The summed E-state index contributed by atoms with van der Waals surface area (Å²) in [4.78, 5) is 14.1. The Balaban J connectivity index is 2.20. The minimum atomic E-state index is -0.278. The Morgan fingerprint density at radius 3 is 2.44 bits per heavy atom. The van der Waals surface area contributed by atoms with Gasteiger partial charge in [0.25, 0.3) is 5.91 Å². The Hall–Kier alpha value is -1.71. The molecule has 98 valence electrons. The van der Waals surface area contributed by atoms with Crippen molar-refractivity contribution >= 4 is 5.91 Å². The van der Waals surface area contributed by atoms with Gasteiger partial charge in [0.2, 0.25) is 0 Å². The number of rotatable bonds is 5. The monoisotopic (exact) mass is 249 g/mol. The van der Waals surface area contributed by atoms with Crippen molar-refractivity contribution in [1.29, 1.82) is 0 Å². The summed E-state index contributed by atoms with van der Waals surface area (Å²) in [6.07, 6.45) is 3.20. The number of benzene rings is 1. The molecule has 0 bridgehead atoms. The van der Waals surface area contributed by atoms with Crippen LogP contribution >= 0.6 is 0 Å². The van der Waals surface area contributed by atoms with E-state index in [0.717, 1.165) is 13.0 Å². The molecule has 0 unspecified atom stereocenters. The number of amides is 1. The van der Waals surface area contributed by atoms with Gasteiger partial charge in [-0.1, -0.05) is 13.0 Å². The molecule has 1 aliphatic carbocycles. The molecule has 4 heteroatoms. The molecular weight excluding hydrogens is 230 g/mol. The quantitative estimate of drug-likeness (QED) is 0.842. The van der Waals surface area contributed by atoms with Gasteiger partial charge in [-0.2, -0.15) is 0 Å². The third kappa shape index (κ3) is 2.75. The van der Waals surface area contributed by atoms with Gasteiger partial charge in [-0.3, -0.25) is 4.79 Å². The van der Waals surface area contributed by atoms with Gasteiger partial charge in [0, 0.05) is 13.1 Å². The van der Waals surface area contributed by atoms with E-state index >= 15 is 0 Å². The number of carbonyl (C=O) groups excluding carboxylic acids is 1. The van der Waals surface area contributed by atoms with Crippen molar-refractivity contribution in [3.8, 4) is 11.5 Å². The lowest BCUT2D eigenvalue weighted by Gasteiger charge is -2.22. The zero-order valence-electron chi connectivity index (χ0n) is 10.6. The van der Waals surface area contributed by atoms with Crippen molar-refractivity contribution in [2.75, 3.05) is 13.1 Å². The molecule has 0 aliphatic heterocycles. The van der Waals surface area contributed by atoms with Crippen LogP contribution in [0.5, 0.6) is 11.5 Å². The lowest BCUT2D eigenvalue weighted by atomic mass is 10.1. The predicted octanol–water partition coefficient (Wildman–Crippen LogP) is 2.36. The number of phenols is 2. The summed E-state index contributed by atoms with van der Waals surface area (Å²) < 4.78 is 0. The number of hydrogen-bond acceptors (Lipinski definition) is 3. The van der Waals surface area contributed by atoms with Crippen LogP contribution in [0.25, 0.3) is 0 Å². The van der Waals surface area contributed by atoms with Crippen molar-refractivity contribution in [3.63, 3.8) is 0 Å². The standard InChI is InChI=1S/C14H19NO3/c1-2-8-15(9-10-6-7-10)14(18)13-11(16)4-3-5-12(13)17/h3-5,10,16-17H,2,6-9H2,1H3. The molecule has 1 aliphatic rings. The molecule has 0 radical (unpaired) electrons. The van der Waals surface area contributed by atoms with Crippen molar-refractivity contribution in [2.45, 2.75) is 26.2 Å². The van der Waals surface area contributed by atoms with Crippen molar-refractivity contribution in [3.05, 3.63) is 23.8 Å². The summed E-state index contributed by atoms with van der Waals surface area (Å²) in [7, 11) is 0. The summed E-state index contributed by atoms with van der Waals surface area (Å²) in [6, 6.07) is 4.37. The second-order valence-corrected chi connectivity index (χ2v) is 4.87. The van der Waals surface area contributed by atoms with Crippen LogP contribution in [0.4, 0.5) is 0 Å². The Morgan fingerprint density at radius 1 is 1.33 bits per heavy atom. The van der Waals surface area contributed by atoms with Gasteiger partial charge in [-0.25, -0.2) is 0 Å². The molecular formula is C14H19NO3. The van der Waals surface area contributed by atoms with Gasteiger partial charge < -0.3 is 15.1 Å². The highest BCUT2D eigenvalue weighted by molar-refractivity contribution is 5.99. The van der Waals surface area contributed by atoms with Crippen molar-refractivity contribution in [1.82, 2.24) is 4.90 Å². The number of hydrogen-bond donors (Lipinski definition) is 2. The molecule has 1 amide bonds. The number of nitrogens with zero attached hydrogens (tertiary/aromatic N) is 1. The van der Waals surface area contributed by atoms with Gasteiger partial charge in [0.15, 0.2) is 0 Å². The molecule has 18 heavy (non-hydrogen) atoms. The van der Waals surface area contributed by atoms with Crippen LogP contribution in [0.15, 0.2) is 18.2 Å². The Kier molecular flexibility index (Phi) is 3.75. The lowest BCUT2D eigenvalue weighted by molar-refractivity contribution is 0.0741. The zero-order valence-corrected chi connectivity index (χ0v) is 10.6. The maximum atomic E-state index is 12.3. The largest absolute Gasteiger partial charge is 0.507 e. The van der Waals surface area contributed by atoms with Crippen LogP contribution in [0.1, 0.15) is 36.5 Å². The first-order valence-corrected chi connectivity index (χ1v) is 6.43. The van der Waals surface area contributed by atoms with E-state index in [-0.39, 0.29) is 23.0 Å². The number of aromatic hydroxyl groups is 2. The van der Waals surface area contributed by atoms with Crippen LogP contribution in [0.2, 0.25) is 0 Å². The zero-order chi connectivity index (χ0) is 13.1. The van der Waals surface area contributed by atoms with Gasteiger partial charge in [0.1, 0.15) is 17.1 Å². The normalized spacial score (nSPS) is 14.5. The predicted molar refractivity (Wildman–Crippen MR) is 68.7 cm³/mol. The van der Waals surface area contributed by atoms with Crippen LogP contribution in [0.3, 0.4) is 0 Å². The maximum Gasteiger partial charge on any atom is 0.261 e. The maximum absolute atomic E-state index is 12.3. The van der Waals surface area contributed by atoms with E-state index in [1.165, 1.54) is 31.0 Å². The van der Waals surface area contributed by atoms with E-state index < -0.39 is 0 Å². The molecule has 0 heterocycles. The summed E-state index contributed by atoms with van der Waals surface area (Å²) in [5.74, 6) is 0.00153. The topological polar surface area (TPSA) is 60.8 Å². The highest BCUT2D eigenvalue weighted by Gasteiger charge is 2.28. The SMILES string of the molecule is CCCN(CC1CC1)C(=O)c1c(O)cccc1O. The molecule has 0 saturated heterocycles. The van der Waals surface area contributed by atoms with Crippen LogP contribution < -0.4 is 0 Å². The molecule has 1 fully saturated rings. The second kappa shape index (κ2) is 5.29. The third-order valence-corrected chi connectivity index (χ3v) is 3.19. The molecule has 1 saturated carbocycles. The van der Waals surface area contributed by atoms with E-state index in [1.807, 2.05) is 6.92 Å². The second-order valence-electron chi connectivity index (χ2n) is 4.87. The fourth-order valence-electron chi connectivity index (χ4n) is 2.06. The van der Waals surface area contributed by atoms with Crippen molar-refractivity contribution in [2.24, 2.45) is 5.92 Å². The van der Waals surface area contributed by atoms with Crippen LogP contribution in [0, 0.1) is 5.92 Å². The van der Waals surface area contributed by atoms with E-state index in [0.29, 0.717) is 12.5 Å². The Labute approximate surface area is 107 Å². The van der Waals surface area contributed by atoms with E-state index in [2.05, 4.69) is 0 Å². The highest BCUT2D eigenvalue weighted by Crippen LogP contribution is 2.32. The average molecular weight is 249 g/mol. The molecule has 4 nitrogen and oxygen atoms in total. The molecule has 0 atom stereocenters. The Morgan fingerprint density at radius 2 is 1.94 bits per heavy atom. The smallest absolute Gasteiger partial charge is 0.261 e. The molecule has 2 N–H and O–H groups in total. The fraction of sp³-hybridized carbons (Fsp3) is 0.500. The van der Waals surface area contributed by atoms with Gasteiger partial charge >= 0.3 is 0 Å². The van der Waals surface area contributed by atoms with Gasteiger partial charge in [-0.05, 0) is 37.3 Å². The van der Waals surface area contributed by atoms with Gasteiger partial charge in [-0.15, -0.1) is 0 Å². The van der Waals surface area contributed by atoms with Crippen LogP contribution in [-0.2, 0) is 0 Å². The first-order valence-electron chi connectivity index (χ1n) is 6.43. The fourth-order valence-corrected chi connectivity index (χ4v) is 2.06. The Bertz CT molecular complexity index is 420. The molecule has 1 aromatic rings. The summed E-state index contributed by atoms with van der Waals surface area (Å²) in [5.41, 5.74) is 0.0200.